The Morgan fingerprint density at radius 3 is 1.65 bits per heavy atom. The van der Waals surface area contributed by atoms with Crippen molar-refractivity contribution in [2.24, 2.45) is 0 Å². The zero-order valence-corrected chi connectivity index (χ0v) is 40.0. The smallest absolute Gasteiger partial charge is 0.305 e. The second-order valence-electron chi connectivity index (χ2n) is 17.1. The summed E-state index contributed by atoms with van der Waals surface area (Å²) in [6.07, 6.45) is 38.5. The zero-order chi connectivity index (χ0) is 45.0. The van der Waals surface area contributed by atoms with E-state index in [4.69, 9.17) is 18.9 Å². The van der Waals surface area contributed by atoms with Crippen LogP contribution in [0.3, 0.4) is 0 Å². The van der Waals surface area contributed by atoms with Crippen LogP contribution in [0.25, 0.3) is 0 Å². The molecule has 2 N–H and O–H groups in total. The summed E-state index contributed by atoms with van der Waals surface area (Å²) in [5.74, 6) is -0.454. The normalized spacial score (nSPS) is 14.4. The van der Waals surface area contributed by atoms with Gasteiger partial charge in [-0.2, -0.15) is 0 Å². The van der Waals surface area contributed by atoms with Crippen molar-refractivity contribution in [3.8, 4) is 0 Å². The molecule has 11 nitrogen and oxygen atoms in total. The van der Waals surface area contributed by atoms with Gasteiger partial charge in [0.05, 0.1) is 26.2 Å². The monoisotopic (exact) mass is 880 g/mol. The van der Waals surface area contributed by atoms with Crippen molar-refractivity contribution in [1.29, 1.82) is 0 Å². The highest BCUT2D eigenvalue weighted by atomic mass is 16.7. The molecule has 1 atom stereocenters. The van der Waals surface area contributed by atoms with E-state index in [-0.39, 0.29) is 39.4 Å². The molecule has 0 unspecified atom stereocenters. The average Bonchev–Trinajstić information content (AvgIpc) is 3.26. The molecule has 62 heavy (non-hydrogen) atoms. The van der Waals surface area contributed by atoms with Crippen molar-refractivity contribution in [2.45, 2.75) is 226 Å². The van der Waals surface area contributed by atoms with E-state index in [0.717, 1.165) is 154 Å². The summed E-state index contributed by atoms with van der Waals surface area (Å²) in [5, 5.41) is 5.49. The zero-order valence-electron chi connectivity index (χ0n) is 40.0. The maximum atomic E-state index is 12.6. The summed E-state index contributed by atoms with van der Waals surface area (Å²) in [6.45, 7) is 11.9. The highest BCUT2D eigenvalue weighted by molar-refractivity contribution is 5.94. The topological polar surface area (TPSA) is 132 Å². The maximum absolute atomic E-state index is 12.6. The molecule has 11 heteroatoms. The maximum Gasteiger partial charge on any atom is 0.305 e. The number of hydrogen-bond donors (Lipinski definition) is 2. The fourth-order valence-corrected chi connectivity index (χ4v) is 7.50. The van der Waals surface area contributed by atoms with Gasteiger partial charge in [0, 0.05) is 28.9 Å². The number of piperazine rings is 1. The number of carbonyl (C=O) groups is 4. The Morgan fingerprint density at radius 1 is 0.597 bits per heavy atom. The first-order valence-electron chi connectivity index (χ1n) is 25.5. The Hall–Kier alpha value is -2.76. The van der Waals surface area contributed by atoms with Gasteiger partial charge in [-0.25, -0.2) is 0 Å². The van der Waals surface area contributed by atoms with Crippen molar-refractivity contribution in [3.05, 3.63) is 24.3 Å². The van der Waals surface area contributed by atoms with Gasteiger partial charge in [-0.15, -0.1) is 0 Å². The molecule has 364 valence electrons. The van der Waals surface area contributed by atoms with Crippen LogP contribution in [-0.2, 0) is 38.1 Å². The van der Waals surface area contributed by atoms with E-state index >= 15 is 0 Å². The first-order chi connectivity index (χ1) is 30.4. The van der Waals surface area contributed by atoms with Crippen LogP contribution in [0.4, 0.5) is 0 Å². The molecule has 0 aromatic carbocycles. The second-order valence-corrected chi connectivity index (χ2v) is 17.1. The van der Waals surface area contributed by atoms with E-state index in [1.807, 2.05) is 0 Å². The predicted octanol–water partition coefficient (Wildman–Crippen LogP) is 11.7. The van der Waals surface area contributed by atoms with Gasteiger partial charge >= 0.3 is 11.9 Å². The Bertz CT molecular complexity index is 1140. The third kappa shape index (κ3) is 36.7. The molecule has 0 aliphatic carbocycles. The van der Waals surface area contributed by atoms with Crippen LogP contribution >= 0.6 is 0 Å². The Labute approximate surface area is 382 Å². The highest BCUT2D eigenvalue weighted by Crippen LogP contribution is 2.14. The van der Waals surface area contributed by atoms with Crippen molar-refractivity contribution in [1.82, 2.24) is 15.5 Å². The summed E-state index contributed by atoms with van der Waals surface area (Å²) in [6, 6.07) is -0.430. The molecule has 1 aliphatic rings. The number of ether oxygens (including phenoxy) is 4. The average molecular weight is 880 g/mol. The van der Waals surface area contributed by atoms with Crippen LogP contribution in [0.1, 0.15) is 216 Å². The molecule has 1 rings (SSSR count). The number of amides is 2. The van der Waals surface area contributed by atoms with Gasteiger partial charge in [-0.3, -0.25) is 19.2 Å². The fourth-order valence-electron chi connectivity index (χ4n) is 7.50. The number of carbonyl (C=O) groups excluding carboxylic acids is 4. The molecular formula is C51H97N3O8. The van der Waals surface area contributed by atoms with E-state index in [9.17, 15) is 19.2 Å². The first-order valence-corrected chi connectivity index (χ1v) is 25.5. The third-order valence-corrected chi connectivity index (χ3v) is 11.3. The number of unbranched alkanes of at least 4 members (excludes halogenated alkanes) is 18. The van der Waals surface area contributed by atoms with Crippen molar-refractivity contribution >= 4 is 23.8 Å². The molecule has 0 aromatic rings. The van der Waals surface area contributed by atoms with Crippen LogP contribution in [0.5, 0.6) is 0 Å². The Morgan fingerprint density at radius 2 is 1.08 bits per heavy atom. The SMILES string of the molecule is CC/C=C\CCCCOC(CCC(=O)OCCCCCCN(CCCCCCCC(=O)OCCCCCCCCC)CCCC[C@@H]1NC(=O)CNC1=O)OCCCC/C=C\CC.[HH].[HH]. The van der Waals surface area contributed by atoms with Crippen molar-refractivity contribution in [2.75, 3.05) is 52.6 Å². The Kier molecular flexibility index (Phi) is 40.2. The molecule has 0 saturated carbocycles. The lowest BCUT2D eigenvalue weighted by atomic mass is 10.1. The van der Waals surface area contributed by atoms with E-state index in [1.54, 1.807) is 0 Å². The molecular weight excluding hydrogens is 783 g/mol. The fraction of sp³-hybridized carbons (Fsp3) is 0.843. The molecule has 2 amide bonds. The molecule has 1 fully saturated rings. The molecule has 0 radical (unpaired) electrons. The van der Waals surface area contributed by atoms with Gasteiger partial charge in [-0.05, 0) is 122 Å². The largest absolute Gasteiger partial charge is 0.466 e. The summed E-state index contributed by atoms with van der Waals surface area (Å²) in [4.78, 5) is 51.2. The number of rotatable bonds is 45. The van der Waals surface area contributed by atoms with Gasteiger partial charge < -0.3 is 34.5 Å². The molecule has 1 aliphatic heterocycles. The van der Waals surface area contributed by atoms with Crippen molar-refractivity contribution in [3.63, 3.8) is 0 Å². The third-order valence-electron chi connectivity index (χ3n) is 11.3. The van der Waals surface area contributed by atoms with Crippen molar-refractivity contribution < 1.29 is 41.0 Å². The standard InChI is InChI=1S/C51H93N3O8.2H2/c1-4-7-10-13-16-23-30-41-59-48(56)35-25-18-17-19-27-38-54(40-29-26-34-46-51(58)52-45-47(55)53-46)39-28-20-24-31-42-60-49(57)36-37-50(61-43-32-21-14-11-8-5-2)62-44-33-22-15-12-9-6-3;;/h8-9,11-12,46,50H,4-7,10,13-45H2,1-3H3,(H,52,58)(H,53,55);2*1H/b11-8-,12-9-;;/t46-;;/m0../s1. The highest BCUT2D eigenvalue weighted by Gasteiger charge is 2.25. The van der Waals surface area contributed by atoms with Gasteiger partial charge in [0.1, 0.15) is 6.04 Å². The molecule has 1 saturated heterocycles. The molecule has 0 aromatic heterocycles. The first kappa shape index (κ1) is 57.3. The van der Waals surface area contributed by atoms with Gasteiger partial charge in [-0.1, -0.05) is 116 Å². The lowest BCUT2D eigenvalue weighted by Gasteiger charge is -2.25. The minimum Gasteiger partial charge on any atom is -0.466 e. The number of allylic oxidation sites excluding steroid dienone is 4. The van der Waals surface area contributed by atoms with Crippen LogP contribution in [0.15, 0.2) is 24.3 Å². The lowest BCUT2D eigenvalue weighted by molar-refractivity contribution is -0.159. The quantitative estimate of drug-likeness (QED) is 0.0265. The summed E-state index contributed by atoms with van der Waals surface area (Å²) >= 11 is 0. The van der Waals surface area contributed by atoms with E-state index < -0.39 is 6.04 Å². The summed E-state index contributed by atoms with van der Waals surface area (Å²) in [5.41, 5.74) is 0. The number of nitrogens with one attached hydrogen (secondary N) is 2. The van der Waals surface area contributed by atoms with E-state index in [0.29, 0.717) is 52.1 Å². The van der Waals surface area contributed by atoms with Crippen LogP contribution in [-0.4, -0.2) is 93.6 Å². The van der Waals surface area contributed by atoms with Crippen LogP contribution < -0.4 is 10.6 Å². The van der Waals surface area contributed by atoms with E-state index in [1.165, 1.54) is 32.1 Å². The minimum atomic E-state index is -0.430. The minimum absolute atomic E-state index is 0. The molecule has 0 bridgehead atoms. The summed E-state index contributed by atoms with van der Waals surface area (Å²) < 4.78 is 23.2. The number of nitrogens with zero attached hydrogens (tertiary/aromatic N) is 1. The predicted molar refractivity (Wildman–Crippen MR) is 257 cm³/mol. The van der Waals surface area contributed by atoms with Crippen LogP contribution in [0, 0.1) is 0 Å². The number of esters is 2. The lowest BCUT2D eigenvalue weighted by Crippen LogP contribution is -2.56. The van der Waals surface area contributed by atoms with Crippen LogP contribution in [0.2, 0.25) is 0 Å². The summed E-state index contributed by atoms with van der Waals surface area (Å²) in [7, 11) is 0. The van der Waals surface area contributed by atoms with Gasteiger partial charge in [0.2, 0.25) is 11.8 Å². The molecule has 1 heterocycles. The number of hydrogen-bond acceptors (Lipinski definition) is 9. The Balaban J connectivity index is 0. The second kappa shape index (κ2) is 43.5. The van der Waals surface area contributed by atoms with Gasteiger partial charge in [0.15, 0.2) is 6.29 Å². The molecule has 0 spiro atoms. The van der Waals surface area contributed by atoms with Gasteiger partial charge in [0.25, 0.3) is 0 Å². The van der Waals surface area contributed by atoms with E-state index in [2.05, 4.69) is 60.6 Å².